The third kappa shape index (κ3) is 10.7. The maximum Gasteiger partial charge on any atom is 0.217 e. The lowest BCUT2D eigenvalue weighted by atomic mass is 9.87. The minimum absolute atomic E-state index is 0.122. The van der Waals surface area contributed by atoms with E-state index in [9.17, 15) is 60.3 Å². The first kappa shape index (κ1) is 43.2. The Morgan fingerprint density at radius 2 is 0.784 bits per heavy atom. The molecule has 3 fully saturated rings. The number of carbonyl (C=O) groups excluding carboxylic acids is 3. The van der Waals surface area contributed by atoms with Crippen LogP contribution in [0.4, 0.5) is 0 Å². The molecule has 15 atom stereocenters. The van der Waals surface area contributed by atoms with Crippen LogP contribution in [0.3, 0.4) is 0 Å². The summed E-state index contributed by atoms with van der Waals surface area (Å²) in [5, 5.41) is 100. The second-order valence-corrected chi connectivity index (χ2v) is 13.1. The van der Waals surface area contributed by atoms with Gasteiger partial charge in [-0.1, -0.05) is 6.92 Å². The summed E-state index contributed by atoms with van der Waals surface area (Å²) < 4.78 is 35.3. The molecule has 296 valence electrons. The Morgan fingerprint density at radius 1 is 0.529 bits per heavy atom. The SMILES string of the molecule is CCC(COC1O[C@H](CO)[C@H](O)[C@H](O)[C@H]1NC(C)=O)(COC1O[C@H](CO)[C@H](O)[C@H](O)[C@H]1NC(C)=O)COC1O[C@H](CO)[C@H](O)[C@H](O)[C@H]1NC(C)=O. The molecule has 0 aromatic carbocycles. The van der Waals surface area contributed by atoms with Gasteiger partial charge in [-0.2, -0.15) is 0 Å². The molecule has 3 heterocycles. The fraction of sp³-hybridized carbons (Fsp3) is 0.900. The normalized spacial score (nSPS) is 39.8. The number of hydrogen-bond acceptors (Lipinski definition) is 18. The number of ether oxygens (including phenoxy) is 6. The smallest absolute Gasteiger partial charge is 0.217 e. The highest BCUT2D eigenvalue weighted by Crippen LogP contribution is 2.32. The Hall–Kier alpha value is -2.19. The van der Waals surface area contributed by atoms with Crippen molar-refractivity contribution in [1.82, 2.24) is 16.0 Å². The predicted molar refractivity (Wildman–Crippen MR) is 167 cm³/mol. The van der Waals surface area contributed by atoms with Crippen molar-refractivity contribution in [3.8, 4) is 0 Å². The van der Waals surface area contributed by atoms with E-state index >= 15 is 0 Å². The van der Waals surface area contributed by atoms with Gasteiger partial charge in [0.25, 0.3) is 0 Å². The highest BCUT2D eigenvalue weighted by molar-refractivity contribution is 5.74. The fourth-order valence-corrected chi connectivity index (χ4v) is 6.05. The van der Waals surface area contributed by atoms with Crippen LogP contribution in [0.2, 0.25) is 0 Å². The number of hydrogen-bond donors (Lipinski definition) is 12. The molecule has 0 aliphatic carbocycles. The molecule has 0 aromatic heterocycles. The van der Waals surface area contributed by atoms with E-state index < -0.39 is 155 Å². The average Bonchev–Trinajstić information content (AvgIpc) is 3.08. The van der Waals surface area contributed by atoms with Crippen LogP contribution in [-0.4, -0.2) is 195 Å². The Morgan fingerprint density at radius 3 is 0.980 bits per heavy atom. The van der Waals surface area contributed by atoms with Crippen LogP contribution in [0.1, 0.15) is 34.1 Å². The van der Waals surface area contributed by atoms with Crippen LogP contribution >= 0.6 is 0 Å². The standard InChI is InChI=1S/C30H53N3O18/c1-5-30(9-46-27-18(31-12(2)37)24(43)21(40)15(6-34)49-27,10-47-28-19(32-13(3)38)25(44)22(41)16(7-35)50-28)11-48-29-20(33-14(4)39)26(45)23(42)17(8-36)51-29/h15-29,34-36,40-45H,5-11H2,1-4H3,(H,31,37)(H,32,38)(H,33,39)/t15-,16-,17-,18-,19-,20-,21+,22+,23+,24-,25-,26-,27?,28?,29?,30?/m1/s1. The number of amides is 3. The molecule has 0 aromatic rings. The predicted octanol–water partition coefficient (Wildman–Crippen LogP) is -6.74. The molecule has 3 rings (SSSR count). The van der Waals surface area contributed by atoms with Crippen LogP contribution in [0.15, 0.2) is 0 Å². The summed E-state index contributed by atoms with van der Waals surface area (Å²) in [7, 11) is 0. The number of carbonyl (C=O) groups is 3. The van der Waals surface area contributed by atoms with Gasteiger partial charge in [0.15, 0.2) is 18.9 Å². The van der Waals surface area contributed by atoms with Crippen molar-refractivity contribution in [2.24, 2.45) is 5.41 Å². The maximum atomic E-state index is 12.0. The number of aliphatic hydroxyl groups excluding tert-OH is 9. The third-order valence-electron chi connectivity index (χ3n) is 9.16. The molecule has 3 aliphatic heterocycles. The van der Waals surface area contributed by atoms with Crippen LogP contribution in [0.25, 0.3) is 0 Å². The van der Waals surface area contributed by atoms with E-state index in [0.29, 0.717) is 0 Å². The van der Waals surface area contributed by atoms with E-state index in [1.807, 2.05) is 0 Å². The van der Waals surface area contributed by atoms with Crippen molar-refractivity contribution in [2.75, 3.05) is 39.6 Å². The Labute approximate surface area is 293 Å². The van der Waals surface area contributed by atoms with Gasteiger partial charge in [-0.05, 0) is 6.42 Å². The highest BCUT2D eigenvalue weighted by atomic mass is 16.7. The van der Waals surface area contributed by atoms with Crippen LogP contribution in [-0.2, 0) is 42.8 Å². The van der Waals surface area contributed by atoms with Gasteiger partial charge in [0.2, 0.25) is 17.7 Å². The maximum absolute atomic E-state index is 12.0. The molecule has 0 saturated carbocycles. The van der Waals surface area contributed by atoms with Gasteiger partial charge in [0, 0.05) is 26.2 Å². The number of aliphatic hydroxyl groups is 9. The van der Waals surface area contributed by atoms with E-state index in [1.165, 1.54) is 0 Å². The van der Waals surface area contributed by atoms with Gasteiger partial charge >= 0.3 is 0 Å². The molecule has 3 amide bonds. The third-order valence-corrected chi connectivity index (χ3v) is 9.16. The van der Waals surface area contributed by atoms with Crippen LogP contribution in [0.5, 0.6) is 0 Å². The molecular weight excluding hydrogens is 690 g/mol. The molecular formula is C30H53N3O18. The Bertz CT molecular complexity index is 1010. The molecule has 0 bridgehead atoms. The topological polar surface area (TPSA) is 325 Å². The molecule has 0 radical (unpaired) electrons. The summed E-state index contributed by atoms with van der Waals surface area (Å²) in [5.41, 5.74) is -1.33. The summed E-state index contributed by atoms with van der Waals surface area (Å²) in [6, 6.07) is -3.97. The van der Waals surface area contributed by atoms with Gasteiger partial charge in [-0.3, -0.25) is 14.4 Å². The largest absolute Gasteiger partial charge is 0.394 e. The molecule has 21 heteroatoms. The first-order valence-electron chi connectivity index (χ1n) is 16.6. The van der Waals surface area contributed by atoms with Crippen molar-refractivity contribution in [3.05, 3.63) is 0 Å². The average molecular weight is 744 g/mol. The second-order valence-electron chi connectivity index (χ2n) is 13.1. The zero-order valence-electron chi connectivity index (χ0n) is 28.8. The summed E-state index contributed by atoms with van der Waals surface area (Å²) in [4.78, 5) is 36.0. The van der Waals surface area contributed by atoms with E-state index in [4.69, 9.17) is 28.4 Å². The summed E-state index contributed by atoms with van der Waals surface area (Å²) >= 11 is 0. The van der Waals surface area contributed by atoms with Crippen molar-refractivity contribution >= 4 is 17.7 Å². The van der Waals surface area contributed by atoms with Gasteiger partial charge < -0.3 is 90.3 Å². The van der Waals surface area contributed by atoms with E-state index in [0.717, 1.165) is 20.8 Å². The van der Waals surface area contributed by atoms with Crippen molar-refractivity contribution in [3.63, 3.8) is 0 Å². The molecule has 12 N–H and O–H groups in total. The van der Waals surface area contributed by atoms with E-state index in [2.05, 4.69) is 16.0 Å². The van der Waals surface area contributed by atoms with Crippen molar-refractivity contribution < 1.29 is 88.8 Å². The van der Waals surface area contributed by atoms with Gasteiger partial charge in [-0.25, -0.2) is 0 Å². The lowest BCUT2D eigenvalue weighted by Gasteiger charge is -2.46. The number of rotatable bonds is 16. The zero-order chi connectivity index (χ0) is 38.2. The minimum Gasteiger partial charge on any atom is -0.394 e. The summed E-state index contributed by atoms with van der Waals surface area (Å²) in [6.07, 6.45) is -17.9. The fourth-order valence-electron chi connectivity index (χ4n) is 6.05. The lowest BCUT2D eigenvalue weighted by Crippen LogP contribution is -2.66. The first-order valence-corrected chi connectivity index (χ1v) is 16.6. The van der Waals surface area contributed by atoms with Crippen LogP contribution < -0.4 is 16.0 Å². The van der Waals surface area contributed by atoms with Crippen LogP contribution in [0, 0.1) is 5.41 Å². The second kappa shape index (κ2) is 19.2. The Kier molecular flexibility index (Phi) is 16.3. The van der Waals surface area contributed by atoms with Gasteiger partial charge in [-0.15, -0.1) is 0 Å². The van der Waals surface area contributed by atoms with Crippen molar-refractivity contribution in [2.45, 2.75) is 126 Å². The molecule has 3 saturated heterocycles. The summed E-state index contributed by atoms with van der Waals surface area (Å²) in [6.45, 7) is 1.81. The molecule has 51 heavy (non-hydrogen) atoms. The number of nitrogens with one attached hydrogen (secondary N) is 3. The van der Waals surface area contributed by atoms with Gasteiger partial charge in [0.05, 0.1) is 39.6 Å². The monoisotopic (exact) mass is 743 g/mol. The Balaban J connectivity index is 1.95. The van der Waals surface area contributed by atoms with Gasteiger partial charge in [0.1, 0.15) is 73.1 Å². The first-order chi connectivity index (χ1) is 24.0. The van der Waals surface area contributed by atoms with E-state index in [1.54, 1.807) is 6.92 Å². The lowest BCUT2D eigenvalue weighted by molar-refractivity contribution is -0.304. The summed E-state index contributed by atoms with van der Waals surface area (Å²) in [5.74, 6) is -1.81. The minimum atomic E-state index is -1.64. The highest BCUT2D eigenvalue weighted by Gasteiger charge is 2.50. The zero-order valence-corrected chi connectivity index (χ0v) is 28.8. The quantitative estimate of drug-likeness (QED) is 0.0699. The molecule has 21 nitrogen and oxygen atoms in total. The molecule has 3 aliphatic rings. The van der Waals surface area contributed by atoms with E-state index in [-0.39, 0.29) is 6.42 Å². The van der Waals surface area contributed by atoms with Crippen molar-refractivity contribution in [1.29, 1.82) is 0 Å². The molecule has 0 spiro atoms. The molecule has 3 unspecified atom stereocenters.